The maximum atomic E-state index is 12.4. The largest absolute Gasteiger partial charge is 0.467 e. The Morgan fingerprint density at radius 3 is 2.52 bits per heavy atom. The molecule has 1 aliphatic heterocycles. The van der Waals surface area contributed by atoms with Crippen molar-refractivity contribution in [2.75, 3.05) is 13.7 Å². The van der Waals surface area contributed by atoms with Crippen LogP contribution in [-0.2, 0) is 14.3 Å². The predicted octanol–water partition coefficient (Wildman–Crippen LogP) is 3.38. The first-order chi connectivity index (χ1) is 11.0. The predicted molar refractivity (Wildman–Crippen MR) is 90.9 cm³/mol. The molecule has 0 radical (unpaired) electrons. The number of carbonyl (C=O) groups is 2. The van der Waals surface area contributed by atoms with Crippen molar-refractivity contribution in [1.82, 2.24) is 4.90 Å². The molecule has 0 aliphatic carbocycles. The van der Waals surface area contributed by atoms with Gasteiger partial charge in [0.25, 0.3) is 0 Å². The molecule has 124 valence electrons. The number of rotatable bonds is 4. The van der Waals surface area contributed by atoms with Crippen molar-refractivity contribution in [3.05, 3.63) is 41.5 Å². The fourth-order valence-electron chi connectivity index (χ4n) is 2.83. The van der Waals surface area contributed by atoms with Gasteiger partial charge in [0.05, 0.1) is 7.11 Å². The Balaban J connectivity index is 2.05. The summed E-state index contributed by atoms with van der Waals surface area (Å²) >= 11 is 0. The molecule has 0 N–H and O–H groups in total. The standard InChI is InChI=1S/C19H25NO3/c1-14(2)16-10-7-15(8-11-16)9-12-18(21)20-13-5-4-6-17(20)19(22)23-3/h7-12,14,17H,4-6,13H2,1-3H3/b12-9+. The molecule has 0 spiro atoms. The maximum Gasteiger partial charge on any atom is 0.328 e. The summed E-state index contributed by atoms with van der Waals surface area (Å²) in [5.74, 6) is 0.0320. The van der Waals surface area contributed by atoms with Crippen LogP contribution < -0.4 is 0 Å². The normalized spacial score (nSPS) is 18.4. The van der Waals surface area contributed by atoms with Crippen LogP contribution in [0.5, 0.6) is 0 Å². The van der Waals surface area contributed by atoms with Crippen LogP contribution in [0.2, 0.25) is 0 Å². The molecule has 4 heteroatoms. The lowest BCUT2D eigenvalue weighted by molar-refractivity contribution is -0.153. The van der Waals surface area contributed by atoms with Gasteiger partial charge in [-0.05, 0) is 42.4 Å². The van der Waals surface area contributed by atoms with Crippen LogP contribution in [0.25, 0.3) is 6.08 Å². The Bertz CT molecular complexity index is 575. The Morgan fingerprint density at radius 2 is 1.91 bits per heavy atom. The number of ether oxygens (including phenoxy) is 1. The van der Waals surface area contributed by atoms with Crippen molar-refractivity contribution in [2.24, 2.45) is 0 Å². The molecule has 1 amide bonds. The lowest BCUT2D eigenvalue weighted by atomic mass is 10.0. The van der Waals surface area contributed by atoms with Gasteiger partial charge in [0.2, 0.25) is 5.91 Å². The average Bonchev–Trinajstić information content (AvgIpc) is 2.59. The zero-order chi connectivity index (χ0) is 16.8. The topological polar surface area (TPSA) is 46.6 Å². The fourth-order valence-corrected chi connectivity index (χ4v) is 2.83. The second-order valence-electron chi connectivity index (χ2n) is 6.22. The molecule has 1 aliphatic rings. The van der Waals surface area contributed by atoms with E-state index in [0.29, 0.717) is 18.9 Å². The van der Waals surface area contributed by atoms with E-state index in [9.17, 15) is 9.59 Å². The van der Waals surface area contributed by atoms with Crippen LogP contribution in [0.15, 0.2) is 30.3 Å². The third-order valence-electron chi connectivity index (χ3n) is 4.28. The molecular formula is C19H25NO3. The van der Waals surface area contributed by atoms with Crippen LogP contribution in [0.1, 0.15) is 50.2 Å². The van der Waals surface area contributed by atoms with E-state index in [2.05, 4.69) is 26.0 Å². The van der Waals surface area contributed by atoms with Gasteiger partial charge >= 0.3 is 5.97 Å². The third-order valence-corrected chi connectivity index (χ3v) is 4.28. The molecule has 23 heavy (non-hydrogen) atoms. The summed E-state index contributed by atoms with van der Waals surface area (Å²) in [6.45, 7) is 4.91. The minimum Gasteiger partial charge on any atom is -0.467 e. The number of carbonyl (C=O) groups excluding carboxylic acids is 2. The number of likely N-dealkylation sites (tertiary alicyclic amines) is 1. The highest BCUT2D eigenvalue weighted by atomic mass is 16.5. The van der Waals surface area contributed by atoms with E-state index in [-0.39, 0.29) is 11.9 Å². The first kappa shape index (κ1) is 17.3. The van der Waals surface area contributed by atoms with Crippen molar-refractivity contribution in [1.29, 1.82) is 0 Å². The Labute approximate surface area is 138 Å². The van der Waals surface area contributed by atoms with Crippen molar-refractivity contribution >= 4 is 18.0 Å². The molecule has 1 fully saturated rings. The minimum atomic E-state index is -0.450. The number of hydrogen-bond acceptors (Lipinski definition) is 3. The number of benzene rings is 1. The van der Waals surface area contributed by atoms with Gasteiger partial charge in [-0.3, -0.25) is 4.79 Å². The Kier molecular flexibility index (Phi) is 5.97. The monoisotopic (exact) mass is 315 g/mol. The Morgan fingerprint density at radius 1 is 1.22 bits per heavy atom. The molecule has 1 aromatic rings. The van der Waals surface area contributed by atoms with Crippen molar-refractivity contribution in [3.63, 3.8) is 0 Å². The van der Waals surface area contributed by atoms with Crippen LogP contribution in [0, 0.1) is 0 Å². The zero-order valence-electron chi connectivity index (χ0n) is 14.1. The third kappa shape index (κ3) is 4.44. The summed E-state index contributed by atoms with van der Waals surface area (Å²) in [6, 6.07) is 7.72. The number of amides is 1. The van der Waals surface area contributed by atoms with Gasteiger partial charge in [0.15, 0.2) is 0 Å². The van der Waals surface area contributed by atoms with Gasteiger partial charge in [0.1, 0.15) is 6.04 Å². The maximum absolute atomic E-state index is 12.4. The van der Waals surface area contributed by atoms with Gasteiger partial charge in [0, 0.05) is 12.6 Å². The van der Waals surface area contributed by atoms with Crippen molar-refractivity contribution in [3.8, 4) is 0 Å². The van der Waals surface area contributed by atoms with Crippen molar-refractivity contribution in [2.45, 2.75) is 45.1 Å². The lowest BCUT2D eigenvalue weighted by Crippen LogP contribution is -2.47. The van der Waals surface area contributed by atoms with E-state index in [1.165, 1.54) is 12.7 Å². The summed E-state index contributed by atoms with van der Waals surface area (Å²) < 4.78 is 4.81. The molecule has 1 aromatic carbocycles. The SMILES string of the molecule is COC(=O)C1CCCCN1C(=O)/C=C/c1ccc(C(C)C)cc1. The number of esters is 1. The van der Waals surface area contributed by atoms with E-state index >= 15 is 0 Å². The van der Waals surface area contributed by atoms with Crippen LogP contribution in [-0.4, -0.2) is 36.5 Å². The van der Waals surface area contributed by atoms with Crippen LogP contribution in [0.4, 0.5) is 0 Å². The summed E-state index contributed by atoms with van der Waals surface area (Å²) in [6.07, 6.45) is 5.90. The highest BCUT2D eigenvalue weighted by Crippen LogP contribution is 2.19. The first-order valence-electron chi connectivity index (χ1n) is 8.19. The van der Waals surface area contributed by atoms with Crippen LogP contribution in [0.3, 0.4) is 0 Å². The first-order valence-corrected chi connectivity index (χ1v) is 8.19. The molecule has 0 bridgehead atoms. The Hall–Kier alpha value is -2.10. The summed E-state index contributed by atoms with van der Waals surface area (Å²) in [4.78, 5) is 25.8. The van der Waals surface area contributed by atoms with E-state index in [1.54, 1.807) is 17.1 Å². The zero-order valence-corrected chi connectivity index (χ0v) is 14.1. The number of nitrogens with zero attached hydrogens (tertiary/aromatic N) is 1. The molecule has 0 saturated carbocycles. The lowest BCUT2D eigenvalue weighted by Gasteiger charge is -2.32. The van der Waals surface area contributed by atoms with Crippen LogP contribution >= 0.6 is 0 Å². The number of piperidine rings is 1. The van der Waals surface area contributed by atoms with E-state index in [4.69, 9.17) is 4.74 Å². The molecule has 2 rings (SSSR count). The summed E-state index contributed by atoms with van der Waals surface area (Å²) in [5.41, 5.74) is 2.25. The smallest absolute Gasteiger partial charge is 0.328 e. The second kappa shape index (κ2) is 7.95. The summed E-state index contributed by atoms with van der Waals surface area (Å²) in [7, 11) is 1.37. The second-order valence-corrected chi connectivity index (χ2v) is 6.22. The molecule has 1 saturated heterocycles. The van der Waals surface area contributed by atoms with E-state index in [1.807, 2.05) is 12.1 Å². The van der Waals surface area contributed by atoms with Gasteiger partial charge in [-0.1, -0.05) is 38.1 Å². The van der Waals surface area contributed by atoms with Gasteiger partial charge < -0.3 is 9.64 Å². The quantitative estimate of drug-likeness (QED) is 0.632. The van der Waals surface area contributed by atoms with Crippen molar-refractivity contribution < 1.29 is 14.3 Å². The highest BCUT2D eigenvalue weighted by Gasteiger charge is 2.31. The number of methoxy groups -OCH3 is 1. The number of hydrogen-bond donors (Lipinski definition) is 0. The molecule has 1 unspecified atom stereocenters. The van der Waals surface area contributed by atoms with Gasteiger partial charge in [-0.25, -0.2) is 4.79 Å². The molecule has 1 heterocycles. The molecular weight excluding hydrogens is 290 g/mol. The summed E-state index contributed by atoms with van der Waals surface area (Å²) in [5, 5.41) is 0. The molecule has 1 atom stereocenters. The minimum absolute atomic E-state index is 0.131. The molecule has 0 aromatic heterocycles. The van der Waals surface area contributed by atoms with E-state index < -0.39 is 6.04 Å². The fraction of sp³-hybridized carbons (Fsp3) is 0.474. The van der Waals surface area contributed by atoms with E-state index in [0.717, 1.165) is 18.4 Å². The average molecular weight is 315 g/mol. The van der Waals surface area contributed by atoms with Gasteiger partial charge in [-0.15, -0.1) is 0 Å². The molecule has 4 nitrogen and oxygen atoms in total. The van der Waals surface area contributed by atoms with Gasteiger partial charge in [-0.2, -0.15) is 0 Å². The highest BCUT2D eigenvalue weighted by molar-refractivity contribution is 5.94.